The van der Waals surface area contributed by atoms with E-state index in [2.05, 4.69) is 19.7 Å². The number of benzene rings is 1. The highest BCUT2D eigenvalue weighted by molar-refractivity contribution is 7.90. The third-order valence-corrected chi connectivity index (χ3v) is 4.99. The second kappa shape index (κ2) is 9.93. The van der Waals surface area contributed by atoms with E-state index in [0.29, 0.717) is 0 Å². The first kappa shape index (κ1) is 23.0. The van der Waals surface area contributed by atoms with Crippen molar-refractivity contribution in [3.8, 4) is 6.01 Å². The molecule has 0 bridgehead atoms. The predicted octanol–water partition coefficient (Wildman–Crippen LogP) is 0.874. The molecule has 1 N–H and O–H groups in total. The van der Waals surface area contributed by atoms with Crippen LogP contribution in [0.1, 0.15) is 23.1 Å². The molecule has 2 amide bonds. The smallest absolute Gasteiger partial charge is 0.340 e. The SMILES string of the molecule is CCOCN(C(=O)NS(=O)(=O)c1ccccc1C(=O)OC)c1nc(C)nc(OC)n1. The molecule has 0 spiro atoms. The molecule has 162 valence electrons. The number of rotatable bonds is 8. The maximum absolute atomic E-state index is 12.8. The van der Waals surface area contributed by atoms with Gasteiger partial charge in [0, 0.05) is 6.61 Å². The summed E-state index contributed by atoms with van der Waals surface area (Å²) in [6.07, 6.45) is 0. The van der Waals surface area contributed by atoms with Gasteiger partial charge in [0.25, 0.3) is 10.0 Å². The Bertz CT molecular complexity index is 1030. The molecule has 0 aliphatic rings. The van der Waals surface area contributed by atoms with E-state index in [9.17, 15) is 18.0 Å². The monoisotopic (exact) mass is 439 g/mol. The molecule has 1 heterocycles. The second-order valence-electron chi connectivity index (χ2n) is 5.62. The number of nitrogens with zero attached hydrogens (tertiary/aromatic N) is 4. The summed E-state index contributed by atoms with van der Waals surface area (Å²) in [6, 6.07) is 4.15. The number of anilines is 1. The number of amides is 2. The standard InChI is InChI=1S/C17H21N5O7S/c1-5-29-10-22(15-18-11(2)19-16(20-15)28-4)17(24)21-30(25,26)13-9-7-6-8-12(13)14(23)27-3/h6-9H,5,10H2,1-4H3,(H,21,24). The summed E-state index contributed by atoms with van der Waals surface area (Å²) in [6.45, 7) is 3.14. The third kappa shape index (κ3) is 5.39. The van der Waals surface area contributed by atoms with E-state index >= 15 is 0 Å². The molecule has 0 saturated heterocycles. The molecule has 12 nitrogen and oxygen atoms in total. The van der Waals surface area contributed by atoms with Crippen LogP contribution in [0.15, 0.2) is 29.2 Å². The number of sulfonamides is 1. The zero-order chi connectivity index (χ0) is 22.3. The van der Waals surface area contributed by atoms with Crippen molar-refractivity contribution in [1.82, 2.24) is 19.7 Å². The highest BCUT2D eigenvalue weighted by Gasteiger charge is 2.29. The average Bonchev–Trinajstić information content (AvgIpc) is 2.72. The maximum Gasteiger partial charge on any atom is 0.340 e. The van der Waals surface area contributed by atoms with E-state index in [0.717, 1.165) is 12.0 Å². The van der Waals surface area contributed by atoms with Crippen molar-refractivity contribution in [1.29, 1.82) is 0 Å². The van der Waals surface area contributed by atoms with Crippen LogP contribution in [0, 0.1) is 6.92 Å². The van der Waals surface area contributed by atoms with E-state index in [1.54, 1.807) is 13.8 Å². The molecule has 1 aromatic carbocycles. The Balaban J connectivity index is 2.40. The first-order valence-electron chi connectivity index (χ1n) is 8.59. The maximum atomic E-state index is 12.8. The van der Waals surface area contributed by atoms with Crippen LogP contribution >= 0.6 is 0 Å². The van der Waals surface area contributed by atoms with E-state index in [-0.39, 0.29) is 36.7 Å². The van der Waals surface area contributed by atoms with Crippen molar-refractivity contribution >= 4 is 28.0 Å². The van der Waals surface area contributed by atoms with E-state index in [4.69, 9.17) is 9.47 Å². The summed E-state index contributed by atoms with van der Waals surface area (Å²) in [5, 5.41) is 0. The molecule has 0 radical (unpaired) electrons. The number of nitrogens with one attached hydrogen (secondary N) is 1. The van der Waals surface area contributed by atoms with Gasteiger partial charge in [-0.05, 0) is 26.0 Å². The number of aromatic nitrogens is 3. The van der Waals surface area contributed by atoms with Crippen molar-refractivity contribution in [3.63, 3.8) is 0 Å². The van der Waals surface area contributed by atoms with E-state index in [1.807, 2.05) is 4.72 Å². The van der Waals surface area contributed by atoms with Gasteiger partial charge in [0.1, 0.15) is 17.5 Å². The van der Waals surface area contributed by atoms with Gasteiger partial charge in [-0.1, -0.05) is 12.1 Å². The van der Waals surface area contributed by atoms with Gasteiger partial charge < -0.3 is 14.2 Å². The molecule has 0 aliphatic heterocycles. The minimum absolute atomic E-state index is 0.0642. The van der Waals surface area contributed by atoms with Gasteiger partial charge in [-0.3, -0.25) is 0 Å². The average molecular weight is 439 g/mol. The number of hydrogen-bond acceptors (Lipinski definition) is 10. The van der Waals surface area contributed by atoms with Crippen LogP contribution in [0.2, 0.25) is 0 Å². The van der Waals surface area contributed by atoms with Crippen LogP contribution in [0.5, 0.6) is 6.01 Å². The number of ether oxygens (including phenoxy) is 3. The Morgan fingerprint density at radius 2 is 1.83 bits per heavy atom. The van der Waals surface area contributed by atoms with Gasteiger partial charge in [-0.2, -0.15) is 15.0 Å². The predicted molar refractivity (Wildman–Crippen MR) is 104 cm³/mol. The topological polar surface area (TPSA) is 150 Å². The van der Waals surface area contributed by atoms with Crippen LogP contribution < -0.4 is 14.4 Å². The Hall–Kier alpha value is -3.32. The first-order chi connectivity index (χ1) is 14.2. The number of urea groups is 1. The lowest BCUT2D eigenvalue weighted by atomic mass is 10.2. The Labute approximate surface area is 173 Å². The summed E-state index contributed by atoms with van der Waals surface area (Å²) < 4.78 is 42.3. The van der Waals surface area contributed by atoms with Crippen LogP contribution in [0.25, 0.3) is 0 Å². The number of aryl methyl sites for hydroxylation is 1. The molecule has 0 saturated carbocycles. The van der Waals surface area contributed by atoms with Gasteiger partial charge >= 0.3 is 18.0 Å². The fourth-order valence-corrected chi connectivity index (χ4v) is 3.40. The lowest BCUT2D eigenvalue weighted by Gasteiger charge is -2.21. The molecule has 13 heteroatoms. The van der Waals surface area contributed by atoms with Gasteiger partial charge in [0.05, 0.1) is 19.8 Å². The fraction of sp³-hybridized carbons (Fsp3) is 0.353. The van der Waals surface area contributed by atoms with Crippen LogP contribution in [0.3, 0.4) is 0 Å². The minimum atomic E-state index is -4.45. The summed E-state index contributed by atoms with van der Waals surface area (Å²) >= 11 is 0. The van der Waals surface area contributed by atoms with Gasteiger partial charge in [0.2, 0.25) is 5.95 Å². The molecule has 0 unspecified atom stereocenters. The molecule has 2 aromatic rings. The number of esters is 1. The molecule has 0 aliphatic carbocycles. The highest BCUT2D eigenvalue weighted by atomic mass is 32.2. The first-order valence-corrected chi connectivity index (χ1v) is 10.1. The van der Waals surface area contributed by atoms with Gasteiger partial charge in [0.15, 0.2) is 0 Å². The molecule has 1 aromatic heterocycles. The van der Waals surface area contributed by atoms with Crippen molar-refractivity contribution in [2.75, 3.05) is 32.5 Å². The summed E-state index contributed by atoms with van der Waals surface area (Å²) in [5.41, 5.74) is -0.227. The van der Waals surface area contributed by atoms with Crippen molar-refractivity contribution in [2.24, 2.45) is 0 Å². The quantitative estimate of drug-likeness (QED) is 0.463. The second-order valence-corrected chi connectivity index (χ2v) is 7.27. The zero-order valence-corrected chi connectivity index (χ0v) is 17.6. The number of carbonyl (C=O) groups is 2. The molecule has 0 fully saturated rings. The summed E-state index contributed by atoms with van der Waals surface area (Å²) in [7, 11) is -2.00. The number of hydrogen-bond donors (Lipinski definition) is 1. The van der Waals surface area contributed by atoms with E-state index < -0.39 is 26.9 Å². The zero-order valence-electron chi connectivity index (χ0n) is 16.8. The van der Waals surface area contributed by atoms with Crippen molar-refractivity contribution < 1.29 is 32.2 Å². The molecular weight excluding hydrogens is 418 g/mol. The normalized spacial score (nSPS) is 10.9. The molecule has 30 heavy (non-hydrogen) atoms. The van der Waals surface area contributed by atoms with Crippen LogP contribution in [-0.2, 0) is 19.5 Å². The lowest BCUT2D eigenvalue weighted by molar-refractivity contribution is 0.0596. The summed E-state index contributed by atoms with van der Waals surface area (Å²) in [5.74, 6) is -0.806. The van der Waals surface area contributed by atoms with Gasteiger partial charge in [-0.25, -0.2) is 27.6 Å². The van der Waals surface area contributed by atoms with E-state index in [1.165, 1.54) is 31.4 Å². The van der Waals surface area contributed by atoms with Crippen LogP contribution in [0.4, 0.5) is 10.7 Å². The third-order valence-electron chi connectivity index (χ3n) is 3.61. The summed E-state index contributed by atoms with van der Waals surface area (Å²) in [4.78, 5) is 37.0. The fourth-order valence-electron chi connectivity index (χ4n) is 2.25. The Morgan fingerprint density at radius 1 is 1.13 bits per heavy atom. The van der Waals surface area contributed by atoms with Crippen LogP contribution in [-0.4, -0.2) is 62.9 Å². The molecule has 2 rings (SSSR count). The number of carbonyl (C=O) groups excluding carboxylic acids is 2. The van der Waals surface area contributed by atoms with Gasteiger partial charge in [-0.15, -0.1) is 0 Å². The largest absolute Gasteiger partial charge is 0.467 e. The van der Waals surface area contributed by atoms with Crippen molar-refractivity contribution in [3.05, 3.63) is 35.7 Å². The minimum Gasteiger partial charge on any atom is -0.467 e. The molecule has 0 atom stereocenters. The Kier molecular flexibility index (Phi) is 7.60. The highest BCUT2D eigenvalue weighted by Crippen LogP contribution is 2.18. The Morgan fingerprint density at radius 3 is 2.47 bits per heavy atom. The molecular formula is C17H21N5O7S. The number of methoxy groups -OCH3 is 2. The lowest BCUT2D eigenvalue weighted by Crippen LogP contribution is -2.45. The van der Waals surface area contributed by atoms with Crippen molar-refractivity contribution in [2.45, 2.75) is 18.7 Å².